The normalized spacial score (nSPS) is 21.9. The molecule has 1 fully saturated rings. The van der Waals surface area contributed by atoms with Crippen LogP contribution in [0.4, 0.5) is 0 Å². The first-order valence-corrected chi connectivity index (χ1v) is 10.2. The van der Waals surface area contributed by atoms with E-state index in [1.807, 2.05) is 0 Å². The second kappa shape index (κ2) is 8.28. The number of amides is 2. The van der Waals surface area contributed by atoms with E-state index in [0.29, 0.717) is 16.9 Å². The highest BCUT2D eigenvalue weighted by Gasteiger charge is 2.54. The lowest BCUT2D eigenvalue weighted by Gasteiger charge is -2.49. The first-order valence-electron chi connectivity index (χ1n) is 9.16. The van der Waals surface area contributed by atoms with Gasteiger partial charge in [0.1, 0.15) is 17.1 Å². The van der Waals surface area contributed by atoms with Gasteiger partial charge in [0.15, 0.2) is 0 Å². The number of carboxylic acid groups (broad SMARTS) is 1. The summed E-state index contributed by atoms with van der Waals surface area (Å²) in [7, 11) is 0. The van der Waals surface area contributed by atoms with Crippen LogP contribution in [0.25, 0.3) is 0 Å². The van der Waals surface area contributed by atoms with Crippen molar-refractivity contribution in [2.24, 2.45) is 5.92 Å². The number of hydrogen-bond acceptors (Lipinski definition) is 6. The van der Waals surface area contributed by atoms with E-state index in [2.05, 4.69) is 5.32 Å². The molecule has 2 amide bonds. The van der Waals surface area contributed by atoms with Gasteiger partial charge in [-0.25, -0.2) is 4.79 Å². The highest BCUT2D eigenvalue weighted by molar-refractivity contribution is 8.00. The third-order valence-corrected chi connectivity index (χ3v) is 6.13. The van der Waals surface area contributed by atoms with E-state index in [0.717, 1.165) is 0 Å². The standard InChI is InChI=1S/C20H22N2O6S/c1-10(2)20(27)28-15(12-7-5-4-6-8-12)16(23)21-13-17(24)22-14(19(25)26)11(3)9-29-18(13)22/h4-8,10,13,15,18H,9H2,1-3H3,(H,21,23)(H,25,26)/t13-,15-,18-/m1/s1. The number of thioether (sulfide) groups is 1. The highest BCUT2D eigenvalue weighted by Crippen LogP contribution is 2.40. The predicted molar refractivity (Wildman–Crippen MR) is 105 cm³/mol. The number of carbonyl (C=O) groups is 4. The van der Waals surface area contributed by atoms with Crippen molar-refractivity contribution in [3.05, 3.63) is 47.2 Å². The zero-order valence-corrected chi connectivity index (χ0v) is 17.1. The number of nitrogens with zero attached hydrogens (tertiary/aromatic N) is 1. The Hall–Kier alpha value is -2.81. The number of benzene rings is 1. The van der Waals surface area contributed by atoms with E-state index < -0.39 is 47.2 Å². The molecule has 0 bridgehead atoms. The summed E-state index contributed by atoms with van der Waals surface area (Å²) in [6.45, 7) is 5.00. The molecule has 0 unspecified atom stereocenters. The quantitative estimate of drug-likeness (QED) is 0.534. The molecular weight excluding hydrogens is 396 g/mol. The maximum atomic E-state index is 12.9. The van der Waals surface area contributed by atoms with Crippen molar-refractivity contribution >= 4 is 35.5 Å². The lowest BCUT2D eigenvalue weighted by atomic mass is 10.0. The van der Waals surface area contributed by atoms with Crippen LogP contribution in [0, 0.1) is 5.92 Å². The molecule has 3 rings (SSSR count). The maximum absolute atomic E-state index is 12.9. The number of aliphatic carboxylic acids is 1. The van der Waals surface area contributed by atoms with Gasteiger partial charge in [-0.1, -0.05) is 44.2 Å². The number of nitrogens with one attached hydrogen (secondary N) is 1. The summed E-state index contributed by atoms with van der Waals surface area (Å²) in [4.78, 5) is 50.3. The lowest BCUT2D eigenvalue weighted by Crippen LogP contribution is -2.70. The predicted octanol–water partition coefficient (Wildman–Crippen LogP) is 1.69. The molecule has 3 atom stereocenters. The van der Waals surface area contributed by atoms with Gasteiger partial charge >= 0.3 is 11.9 Å². The zero-order valence-electron chi connectivity index (χ0n) is 16.2. The van der Waals surface area contributed by atoms with Crippen molar-refractivity contribution in [1.29, 1.82) is 0 Å². The van der Waals surface area contributed by atoms with Crippen molar-refractivity contribution in [2.45, 2.75) is 38.3 Å². The second-order valence-corrected chi connectivity index (χ2v) is 8.32. The maximum Gasteiger partial charge on any atom is 0.352 e. The van der Waals surface area contributed by atoms with Gasteiger partial charge in [-0.2, -0.15) is 0 Å². The number of esters is 1. The van der Waals surface area contributed by atoms with Crippen molar-refractivity contribution in [3.63, 3.8) is 0 Å². The molecule has 0 saturated carbocycles. The molecule has 2 aliphatic heterocycles. The number of ether oxygens (including phenoxy) is 1. The number of hydrogen-bond donors (Lipinski definition) is 2. The fourth-order valence-electron chi connectivity index (χ4n) is 3.16. The van der Waals surface area contributed by atoms with E-state index in [1.165, 1.54) is 16.7 Å². The number of carboxylic acids is 1. The number of β-lactam (4-membered cyclic amide) rings is 1. The smallest absolute Gasteiger partial charge is 0.352 e. The second-order valence-electron chi connectivity index (χ2n) is 7.21. The molecule has 1 aromatic rings. The molecule has 9 heteroatoms. The van der Waals surface area contributed by atoms with Crippen LogP contribution in [0.3, 0.4) is 0 Å². The molecule has 1 saturated heterocycles. The molecule has 29 heavy (non-hydrogen) atoms. The first kappa shape index (κ1) is 20.9. The SMILES string of the molecule is CC1=C(C(=O)O)N2C(=O)[C@@H](NC(=O)[C@H](OC(=O)C(C)C)c3ccccc3)[C@H]2SC1. The Labute approximate surface area is 172 Å². The topological polar surface area (TPSA) is 113 Å². The van der Waals surface area contributed by atoms with E-state index in [4.69, 9.17) is 4.74 Å². The Bertz CT molecular complexity index is 882. The molecule has 0 spiro atoms. The van der Waals surface area contributed by atoms with Crippen molar-refractivity contribution in [2.75, 3.05) is 5.75 Å². The van der Waals surface area contributed by atoms with Gasteiger partial charge in [0.25, 0.3) is 11.8 Å². The van der Waals surface area contributed by atoms with E-state index in [-0.39, 0.29) is 5.70 Å². The van der Waals surface area contributed by atoms with Crippen LogP contribution in [0.2, 0.25) is 0 Å². The van der Waals surface area contributed by atoms with Crippen LogP contribution in [0.15, 0.2) is 41.6 Å². The highest BCUT2D eigenvalue weighted by atomic mass is 32.2. The largest absolute Gasteiger partial charge is 0.477 e. The third kappa shape index (κ3) is 4.00. The van der Waals surface area contributed by atoms with Crippen LogP contribution in [-0.4, -0.2) is 50.9 Å². The summed E-state index contributed by atoms with van der Waals surface area (Å²) < 4.78 is 5.39. The van der Waals surface area contributed by atoms with Gasteiger partial charge in [0, 0.05) is 11.3 Å². The van der Waals surface area contributed by atoms with Crippen LogP contribution in [-0.2, 0) is 23.9 Å². The molecule has 1 aromatic carbocycles. The first-order chi connectivity index (χ1) is 13.7. The Morgan fingerprint density at radius 3 is 2.48 bits per heavy atom. The Kier molecular flexibility index (Phi) is 5.97. The summed E-state index contributed by atoms with van der Waals surface area (Å²) in [6, 6.07) is 7.67. The average molecular weight is 418 g/mol. The summed E-state index contributed by atoms with van der Waals surface area (Å²) in [5.74, 6) is -2.78. The molecule has 0 aliphatic carbocycles. The number of carbonyl (C=O) groups excluding carboxylic acids is 3. The fraction of sp³-hybridized carbons (Fsp3) is 0.400. The minimum atomic E-state index is -1.20. The van der Waals surface area contributed by atoms with Crippen LogP contribution in [0.1, 0.15) is 32.4 Å². The third-order valence-electron chi connectivity index (χ3n) is 4.71. The van der Waals surface area contributed by atoms with Crippen LogP contribution < -0.4 is 5.32 Å². The summed E-state index contributed by atoms with van der Waals surface area (Å²) in [6.07, 6.45) is -1.20. The van der Waals surface area contributed by atoms with Crippen molar-refractivity contribution in [3.8, 4) is 0 Å². The van der Waals surface area contributed by atoms with Gasteiger partial charge in [-0.3, -0.25) is 19.3 Å². The number of rotatable bonds is 6. The average Bonchev–Trinajstić information content (AvgIpc) is 2.69. The van der Waals surface area contributed by atoms with Gasteiger partial charge in [-0.05, 0) is 12.5 Å². The van der Waals surface area contributed by atoms with Crippen LogP contribution in [0.5, 0.6) is 0 Å². The zero-order chi connectivity index (χ0) is 21.3. The molecule has 0 radical (unpaired) electrons. The molecule has 2 N–H and O–H groups in total. The minimum Gasteiger partial charge on any atom is -0.477 e. The fourth-order valence-corrected chi connectivity index (χ4v) is 4.45. The molecule has 2 heterocycles. The summed E-state index contributed by atoms with van der Waals surface area (Å²) in [5, 5.41) is 11.5. The molecule has 154 valence electrons. The van der Waals surface area contributed by atoms with E-state index >= 15 is 0 Å². The monoisotopic (exact) mass is 418 g/mol. The van der Waals surface area contributed by atoms with Crippen molar-refractivity contribution in [1.82, 2.24) is 10.2 Å². The summed E-state index contributed by atoms with van der Waals surface area (Å²) in [5.41, 5.74) is 1.06. The van der Waals surface area contributed by atoms with Crippen LogP contribution >= 0.6 is 11.8 Å². The van der Waals surface area contributed by atoms with E-state index in [9.17, 15) is 24.3 Å². The van der Waals surface area contributed by atoms with E-state index in [1.54, 1.807) is 51.1 Å². The minimum absolute atomic E-state index is 0.0323. The van der Waals surface area contributed by atoms with Crippen molar-refractivity contribution < 1.29 is 29.0 Å². The van der Waals surface area contributed by atoms with Gasteiger partial charge in [-0.15, -0.1) is 11.8 Å². The summed E-state index contributed by atoms with van der Waals surface area (Å²) >= 11 is 1.38. The lowest BCUT2D eigenvalue weighted by molar-refractivity contribution is -0.161. The molecule has 8 nitrogen and oxygen atoms in total. The molecular formula is C20H22N2O6S. The Morgan fingerprint density at radius 2 is 1.90 bits per heavy atom. The van der Waals surface area contributed by atoms with Gasteiger partial charge in [0.05, 0.1) is 5.92 Å². The van der Waals surface area contributed by atoms with Gasteiger partial charge in [0.2, 0.25) is 6.10 Å². The Morgan fingerprint density at radius 1 is 1.24 bits per heavy atom. The molecule has 2 aliphatic rings. The Balaban J connectivity index is 1.78. The molecule has 0 aromatic heterocycles. The number of fused-ring (bicyclic) bond motifs is 1. The van der Waals surface area contributed by atoms with Gasteiger partial charge < -0.3 is 15.2 Å².